The smallest absolute Gasteiger partial charge is 0.0509 e. The number of hydrogen-bond acceptors (Lipinski definition) is 1. The maximum Gasteiger partial charge on any atom is 0.0509 e. The van der Waals surface area contributed by atoms with Crippen LogP contribution in [-0.2, 0) is 5.88 Å². The number of alkyl halides is 1. The highest BCUT2D eigenvalue weighted by molar-refractivity contribution is 6.32. The molecule has 1 aromatic carbocycles. The first-order chi connectivity index (χ1) is 8.77. The molecule has 1 aliphatic carbocycles. The molecule has 0 aromatic heterocycles. The average molecular weight is 286 g/mol. The van der Waals surface area contributed by atoms with Crippen LogP contribution in [0.2, 0.25) is 5.02 Å². The average Bonchev–Trinajstić information content (AvgIpc) is 2.41. The van der Waals surface area contributed by atoms with Crippen molar-refractivity contribution in [1.29, 1.82) is 0 Å². The largest absolute Gasteiger partial charge is 0.369 e. The first-order valence-electron chi connectivity index (χ1n) is 6.88. The molecule has 0 radical (unpaired) electrons. The third kappa shape index (κ3) is 2.95. The fourth-order valence-electron chi connectivity index (χ4n) is 2.97. The Kier molecular flexibility index (Phi) is 5.20. The molecule has 1 aromatic rings. The molecule has 0 unspecified atom stereocenters. The lowest BCUT2D eigenvalue weighted by Crippen LogP contribution is -2.37. The van der Waals surface area contributed by atoms with Crippen molar-refractivity contribution in [3.8, 4) is 0 Å². The summed E-state index contributed by atoms with van der Waals surface area (Å²) in [7, 11) is 0. The SMILES string of the molecule is CCN(c1cccc(Cl)c1CCl)C1CCCCC1. The Morgan fingerprint density at radius 2 is 1.94 bits per heavy atom. The monoisotopic (exact) mass is 285 g/mol. The molecule has 3 heteroatoms. The topological polar surface area (TPSA) is 3.24 Å². The summed E-state index contributed by atoms with van der Waals surface area (Å²) in [5.41, 5.74) is 2.31. The van der Waals surface area contributed by atoms with Crippen molar-refractivity contribution < 1.29 is 0 Å². The first-order valence-corrected chi connectivity index (χ1v) is 7.79. The third-order valence-electron chi connectivity index (χ3n) is 3.89. The Labute approximate surface area is 120 Å². The molecule has 0 aliphatic heterocycles. The van der Waals surface area contributed by atoms with Gasteiger partial charge < -0.3 is 4.90 Å². The molecular formula is C15H21Cl2N. The number of hydrogen-bond donors (Lipinski definition) is 0. The van der Waals surface area contributed by atoms with Crippen LogP contribution in [-0.4, -0.2) is 12.6 Å². The minimum atomic E-state index is 0.484. The summed E-state index contributed by atoms with van der Waals surface area (Å²) in [4.78, 5) is 2.49. The molecule has 1 nitrogen and oxygen atoms in total. The molecule has 0 bridgehead atoms. The Morgan fingerprint density at radius 1 is 1.22 bits per heavy atom. The molecule has 0 heterocycles. The van der Waals surface area contributed by atoms with E-state index in [-0.39, 0.29) is 0 Å². The van der Waals surface area contributed by atoms with Crippen molar-refractivity contribution in [2.24, 2.45) is 0 Å². The van der Waals surface area contributed by atoms with Gasteiger partial charge in [0.2, 0.25) is 0 Å². The second kappa shape index (κ2) is 6.68. The zero-order chi connectivity index (χ0) is 13.0. The van der Waals surface area contributed by atoms with Crippen LogP contribution < -0.4 is 4.90 Å². The Hall–Kier alpha value is -0.400. The number of nitrogens with zero attached hydrogens (tertiary/aromatic N) is 1. The van der Waals surface area contributed by atoms with Gasteiger partial charge in [0, 0.05) is 28.9 Å². The molecule has 1 saturated carbocycles. The maximum atomic E-state index is 6.26. The van der Waals surface area contributed by atoms with Crippen LogP contribution in [0.3, 0.4) is 0 Å². The predicted molar refractivity (Wildman–Crippen MR) is 80.9 cm³/mol. The summed E-state index contributed by atoms with van der Waals surface area (Å²) in [6, 6.07) is 6.77. The van der Waals surface area contributed by atoms with E-state index in [1.807, 2.05) is 12.1 Å². The van der Waals surface area contributed by atoms with Gasteiger partial charge in [0.05, 0.1) is 5.88 Å². The number of rotatable bonds is 4. The van der Waals surface area contributed by atoms with Gasteiger partial charge in [-0.2, -0.15) is 0 Å². The lowest BCUT2D eigenvalue weighted by atomic mass is 9.93. The minimum absolute atomic E-state index is 0.484. The van der Waals surface area contributed by atoms with Gasteiger partial charge >= 0.3 is 0 Å². The van der Waals surface area contributed by atoms with E-state index in [1.165, 1.54) is 37.8 Å². The van der Waals surface area contributed by atoms with Gasteiger partial charge in [-0.1, -0.05) is 36.9 Å². The summed E-state index contributed by atoms with van der Waals surface area (Å²) < 4.78 is 0. The predicted octanol–water partition coefficient (Wildman–Crippen LogP) is 5.24. The van der Waals surface area contributed by atoms with E-state index in [4.69, 9.17) is 23.2 Å². The second-order valence-electron chi connectivity index (χ2n) is 4.95. The van der Waals surface area contributed by atoms with Gasteiger partial charge in [-0.15, -0.1) is 11.6 Å². The van der Waals surface area contributed by atoms with Gasteiger partial charge in [0.15, 0.2) is 0 Å². The Bertz CT molecular complexity index is 386. The molecule has 0 atom stereocenters. The highest BCUT2D eigenvalue weighted by atomic mass is 35.5. The van der Waals surface area contributed by atoms with Crippen LogP contribution in [0, 0.1) is 0 Å². The van der Waals surface area contributed by atoms with Crippen molar-refractivity contribution >= 4 is 28.9 Å². The molecule has 0 amide bonds. The van der Waals surface area contributed by atoms with E-state index < -0.39 is 0 Å². The van der Waals surface area contributed by atoms with Crippen molar-refractivity contribution in [3.63, 3.8) is 0 Å². The zero-order valence-electron chi connectivity index (χ0n) is 11.0. The van der Waals surface area contributed by atoms with Gasteiger partial charge in [-0.05, 0) is 31.9 Å². The van der Waals surface area contributed by atoms with E-state index in [0.717, 1.165) is 17.1 Å². The van der Waals surface area contributed by atoms with Crippen LogP contribution in [0.4, 0.5) is 5.69 Å². The van der Waals surface area contributed by atoms with Gasteiger partial charge in [-0.3, -0.25) is 0 Å². The molecular weight excluding hydrogens is 265 g/mol. The maximum absolute atomic E-state index is 6.26. The van der Waals surface area contributed by atoms with Gasteiger partial charge in [0.1, 0.15) is 0 Å². The summed E-state index contributed by atoms with van der Waals surface area (Å²) in [5, 5.41) is 0.789. The van der Waals surface area contributed by atoms with Gasteiger partial charge in [0.25, 0.3) is 0 Å². The summed E-state index contributed by atoms with van der Waals surface area (Å²) in [5.74, 6) is 0.484. The standard InChI is InChI=1S/C15H21Cl2N/c1-2-18(12-7-4-3-5-8-12)15-10-6-9-14(17)13(15)11-16/h6,9-10,12H,2-5,7-8,11H2,1H3. The van der Waals surface area contributed by atoms with Crippen molar-refractivity contribution in [3.05, 3.63) is 28.8 Å². The fraction of sp³-hybridized carbons (Fsp3) is 0.600. The van der Waals surface area contributed by atoms with Crippen molar-refractivity contribution in [2.75, 3.05) is 11.4 Å². The van der Waals surface area contributed by atoms with Gasteiger partial charge in [-0.25, -0.2) is 0 Å². The van der Waals surface area contributed by atoms with Crippen LogP contribution in [0.25, 0.3) is 0 Å². The van der Waals surface area contributed by atoms with Crippen molar-refractivity contribution in [2.45, 2.75) is 50.9 Å². The number of anilines is 1. The first kappa shape index (κ1) is 14.0. The summed E-state index contributed by atoms with van der Waals surface area (Å²) in [6.07, 6.45) is 6.66. The quantitative estimate of drug-likeness (QED) is 0.684. The fourth-order valence-corrected chi connectivity index (χ4v) is 3.55. The minimum Gasteiger partial charge on any atom is -0.369 e. The zero-order valence-corrected chi connectivity index (χ0v) is 12.5. The molecule has 0 N–H and O–H groups in total. The second-order valence-corrected chi connectivity index (χ2v) is 5.62. The third-order valence-corrected chi connectivity index (χ3v) is 4.51. The van der Waals surface area contributed by atoms with E-state index in [1.54, 1.807) is 0 Å². The van der Waals surface area contributed by atoms with E-state index in [9.17, 15) is 0 Å². The molecule has 18 heavy (non-hydrogen) atoms. The van der Waals surface area contributed by atoms with Crippen LogP contribution in [0.1, 0.15) is 44.6 Å². The molecule has 0 saturated heterocycles. The lowest BCUT2D eigenvalue weighted by Gasteiger charge is -2.36. The molecule has 2 rings (SSSR count). The van der Waals surface area contributed by atoms with Crippen LogP contribution in [0.5, 0.6) is 0 Å². The molecule has 1 fully saturated rings. The summed E-state index contributed by atoms with van der Waals surface area (Å²) >= 11 is 12.3. The van der Waals surface area contributed by atoms with Crippen LogP contribution in [0.15, 0.2) is 18.2 Å². The van der Waals surface area contributed by atoms with E-state index in [0.29, 0.717) is 11.9 Å². The van der Waals surface area contributed by atoms with E-state index >= 15 is 0 Å². The highest BCUT2D eigenvalue weighted by Crippen LogP contribution is 2.33. The summed E-state index contributed by atoms with van der Waals surface area (Å²) in [6.45, 7) is 3.24. The highest BCUT2D eigenvalue weighted by Gasteiger charge is 2.22. The molecule has 1 aliphatic rings. The normalized spacial score (nSPS) is 16.8. The number of benzene rings is 1. The van der Waals surface area contributed by atoms with E-state index in [2.05, 4.69) is 17.9 Å². The molecule has 100 valence electrons. The van der Waals surface area contributed by atoms with Crippen LogP contribution >= 0.6 is 23.2 Å². The van der Waals surface area contributed by atoms with Crippen molar-refractivity contribution in [1.82, 2.24) is 0 Å². The number of halogens is 2. The lowest BCUT2D eigenvalue weighted by molar-refractivity contribution is 0.418. The molecule has 0 spiro atoms. The Morgan fingerprint density at radius 3 is 2.56 bits per heavy atom. The Balaban J connectivity index is 2.28.